The molecule has 0 spiro atoms. The third-order valence-electron chi connectivity index (χ3n) is 2.72. The molecule has 0 bridgehead atoms. The number of rotatable bonds is 2. The molecule has 89 valence electrons. The fourth-order valence-corrected chi connectivity index (χ4v) is 1.82. The van der Waals surface area contributed by atoms with Crippen molar-refractivity contribution in [1.82, 2.24) is 15.0 Å². The van der Waals surface area contributed by atoms with Crippen LogP contribution in [0.15, 0.2) is 36.4 Å². The zero-order chi connectivity index (χ0) is 12.5. The van der Waals surface area contributed by atoms with Gasteiger partial charge in [0, 0.05) is 18.7 Å². The number of aromatic nitrogens is 3. The molecule has 0 saturated carbocycles. The summed E-state index contributed by atoms with van der Waals surface area (Å²) in [6, 6.07) is 13.5. The summed E-state index contributed by atoms with van der Waals surface area (Å²) in [5.41, 5.74) is 8.76. The number of hydrogen-bond acceptors (Lipinski definition) is 4. The van der Waals surface area contributed by atoms with Gasteiger partial charge in [0.05, 0.1) is 5.69 Å². The molecule has 3 rings (SSSR count). The van der Waals surface area contributed by atoms with Gasteiger partial charge in [-0.15, -0.1) is 15.0 Å². The van der Waals surface area contributed by atoms with Crippen LogP contribution in [0, 0.1) is 6.07 Å². The first-order valence-corrected chi connectivity index (χ1v) is 5.54. The number of aromatic hydroxyl groups is 1. The van der Waals surface area contributed by atoms with E-state index in [2.05, 4.69) is 16.3 Å². The summed E-state index contributed by atoms with van der Waals surface area (Å²) in [6.45, 7) is 0.337. The molecule has 18 heavy (non-hydrogen) atoms. The summed E-state index contributed by atoms with van der Waals surface area (Å²) in [5, 5.41) is 18.2. The smallest absolute Gasteiger partial charge is 0.125 e. The van der Waals surface area contributed by atoms with E-state index in [1.807, 2.05) is 24.3 Å². The molecule has 5 heteroatoms. The van der Waals surface area contributed by atoms with Crippen LogP contribution in [0.5, 0.6) is 5.75 Å². The van der Waals surface area contributed by atoms with E-state index in [9.17, 15) is 5.11 Å². The van der Waals surface area contributed by atoms with Crippen molar-refractivity contribution >= 4 is 11.0 Å². The second-order valence-electron chi connectivity index (χ2n) is 3.91. The second kappa shape index (κ2) is 4.12. The van der Waals surface area contributed by atoms with Crippen molar-refractivity contribution in [3.05, 3.63) is 48.0 Å². The molecule has 0 amide bonds. The molecule has 0 aliphatic heterocycles. The van der Waals surface area contributed by atoms with Crippen molar-refractivity contribution < 1.29 is 5.11 Å². The van der Waals surface area contributed by atoms with Gasteiger partial charge in [-0.1, -0.05) is 12.1 Å². The maximum Gasteiger partial charge on any atom is 0.125 e. The maximum atomic E-state index is 9.50. The molecule has 0 aliphatic rings. The van der Waals surface area contributed by atoms with Crippen LogP contribution in [0.25, 0.3) is 16.7 Å². The molecular formula is C13H11N4O. The standard InChI is InChI=1S/C13H11N4O/c14-8-9-5-6-10(18)7-13(9)17-15-11-3-1-2-4-12(11)16-17/h1-5,7,18H,8,14H2. The first-order chi connectivity index (χ1) is 8.78. The van der Waals surface area contributed by atoms with Gasteiger partial charge in [-0.25, -0.2) is 0 Å². The molecule has 2 aromatic carbocycles. The molecule has 0 unspecified atom stereocenters. The molecule has 0 atom stereocenters. The SMILES string of the molecule is NCc1c[c]c(O)cc1-n1nc2ccccc2n1. The van der Waals surface area contributed by atoms with Crippen molar-refractivity contribution in [1.29, 1.82) is 0 Å². The van der Waals surface area contributed by atoms with E-state index in [1.54, 1.807) is 12.1 Å². The lowest BCUT2D eigenvalue weighted by Crippen LogP contribution is -2.06. The Labute approximate surface area is 103 Å². The van der Waals surface area contributed by atoms with Crippen LogP contribution in [0.3, 0.4) is 0 Å². The Hall–Kier alpha value is -2.40. The highest BCUT2D eigenvalue weighted by molar-refractivity contribution is 5.73. The zero-order valence-electron chi connectivity index (χ0n) is 9.54. The number of fused-ring (bicyclic) bond motifs is 1. The van der Waals surface area contributed by atoms with Crippen LogP contribution < -0.4 is 5.73 Å². The van der Waals surface area contributed by atoms with Crippen LogP contribution in [-0.4, -0.2) is 20.1 Å². The van der Waals surface area contributed by atoms with E-state index in [0.29, 0.717) is 12.2 Å². The van der Waals surface area contributed by atoms with Crippen molar-refractivity contribution in [2.24, 2.45) is 5.73 Å². The van der Waals surface area contributed by atoms with Gasteiger partial charge < -0.3 is 10.8 Å². The van der Waals surface area contributed by atoms with Gasteiger partial charge in [-0.2, -0.15) is 0 Å². The van der Waals surface area contributed by atoms with E-state index in [-0.39, 0.29) is 5.75 Å². The highest BCUT2D eigenvalue weighted by Gasteiger charge is 2.09. The van der Waals surface area contributed by atoms with Gasteiger partial charge in [0.15, 0.2) is 0 Å². The number of nitrogens with two attached hydrogens (primary N) is 1. The summed E-state index contributed by atoms with van der Waals surface area (Å²) >= 11 is 0. The molecule has 0 fully saturated rings. The molecule has 1 radical (unpaired) electrons. The van der Waals surface area contributed by atoms with Crippen LogP contribution in [0.2, 0.25) is 0 Å². The highest BCUT2D eigenvalue weighted by Crippen LogP contribution is 2.20. The third kappa shape index (κ3) is 1.70. The molecule has 0 saturated heterocycles. The molecule has 1 heterocycles. The number of hydrogen-bond donors (Lipinski definition) is 2. The van der Waals surface area contributed by atoms with Gasteiger partial charge in [0.1, 0.15) is 16.8 Å². The topological polar surface area (TPSA) is 77.0 Å². The molecule has 5 nitrogen and oxygen atoms in total. The van der Waals surface area contributed by atoms with Gasteiger partial charge in [0.2, 0.25) is 0 Å². The van der Waals surface area contributed by atoms with E-state index in [1.165, 1.54) is 4.80 Å². The van der Waals surface area contributed by atoms with Gasteiger partial charge in [-0.3, -0.25) is 0 Å². The zero-order valence-corrected chi connectivity index (χ0v) is 9.54. The molecule has 3 aromatic rings. The predicted molar refractivity (Wildman–Crippen MR) is 67.3 cm³/mol. The van der Waals surface area contributed by atoms with Crippen molar-refractivity contribution in [3.63, 3.8) is 0 Å². The van der Waals surface area contributed by atoms with Crippen LogP contribution >= 0.6 is 0 Å². The number of phenolic OH excluding ortho intramolecular Hbond substituents is 1. The van der Waals surface area contributed by atoms with Crippen LogP contribution in [0.4, 0.5) is 0 Å². The lowest BCUT2D eigenvalue weighted by atomic mass is 10.2. The summed E-state index contributed by atoms with van der Waals surface area (Å²) in [7, 11) is 0. The fourth-order valence-electron chi connectivity index (χ4n) is 1.82. The van der Waals surface area contributed by atoms with Crippen LogP contribution in [0.1, 0.15) is 5.56 Å². The Kier molecular flexibility index (Phi) is 2.46. The van der Waals surface area contributed by atoms with E-state index in [0.717, 1.165) is 16.6 Å². The molecular weight excluding hydrogens is 228 g/mol. The van der Waals surface area contributed by atoms with Crippen molar-refractivity contribution in [2.45, 2.75) is 6.54 Å². The minimum Gasteiger partial charge on any atom is -0.507 e. The Morgan fingerprint density at radius 1 is 1.22 bits per heavy atom. The summed E-state index contributed by atoms with van der Waals surface area (Å²) in [5.74, 6) is 0.0450. The average Bonchev–Trinajstić information content (AvgIpc) is 2.82. The number of benzene rings is 2. The maximum absolute atomic E-state index is 9.50. The normalized spacial score (nSPS) is 10.9. The molecule has 0 aliphatic carbocycles. The first-order valence-electron chi connectivity index (χ1n) is 5.54. The minimum atomic E-state index is 0.0450. The Balaban J connectivity index is 2.22. The van der Waals surface area contributed by atoms with E-state index in [4.69, 9.17) is 5.73 Å². The van der Waals surface area contributed by atoms with E-state index >= 15 is 0 Å². The minimum absolute atomic E-state index is 0.0450. The van der Waals surface area contributed by atoms with Crippen LogP contribution in [-0.2, 0) is 6.54 Å². The predicted octanol–water partition coefficient (Wildman–Crippen LogP) is 1.38. The summed E-state index contributed by atoms with van der Waals surface area (Å²) < 4.78 is 0. The first kappa shape index (κ1) is 10.7. The fraction of sp³-hybridized carbons (Fsp3) is 0.0769. The number of phenols is 1. The second-order valence-corrected chi connectivity index (χ2v) is 3.91. The largest absolute Gasteiger partial charge is 0.507 e. The highest BCUT2D eigenvalue weighted by atomic mass is 16.3. The van der Waals surface area contributed by atoms with Gasteiger partial charge in [-0.05, 0) is 23.8 Å². The molecule has 3 N–H and O–H groups in total. The Bertz CT molecular complexity index is 672. The van der Waals surface area contributed by atoms with Crippen molar-refractivity contribution in [3.8, 4) is 11.4 Å². The summed E-state index contributed by atoms with van der Waals surface area (Å²) in [4.78, 5) is 1.49. The van der Waals surface area contributed by atoms with E-state index < -0.39 is 0 Å². The lowest BCUT2D eigenvalue weighted by molar-refractivity contribution is 0.473. The van der Waals surface area contributed by atoms with Gasteiger partial charge in [0.25, 0.3) is 0 Å². The third-order valence-corrected chi connectivity index (χ3v) is 2.72. The monoisotopic (exact) mass is 239 g/mol. The Morgan fingerprint density at radius 3 is 2.50 bits per heavy atom. The number of nitrogens with zero attached hydrogens (tertiary/aromatic N) is 3. The van der Waals surface area contributed by atoms with Crippen molar-refractivity contribution in [2.75, 3.05) is 0 Å². The molecule has 1 aromatic heterocycles. The summed E-state index contributed by atoms with van der Waals surface area (Å²) in [6.07, 6.45) is 0. The quantitative estimate of drug-likeness (QED) is 0.708. The Morgan fingerprint density at radius 2 is 1.89 bits per heavy atom. The lowest BCUT2D eigenvalue weighted by Gasteiger charge is -2.06. The van der Waals surface area contributed by atoms with Gasteiger partial charge >= 0.3 is 0 Å². The average molecular weight is 239 g/mol.